The number of fused-ring (bicyclic) bond motifs is 1. The van der Waals surface area contributed by atoms with E-state index in [1.807, 2.05) is 32.9 Å². The van der Waals surface area contributed by atoms with E-state index < -0.39 is 11.5 Å². The molecule has 2 atom stereocenters. The number of benzene rings is 1. The van der Waals surface area contributed by atoms with Gasteiger partial charge in [0.25, 0.3) is 0 Å². The van der Waals surface area contributed by atoms with Crippen molar-refractivity contribution in [3.05, 3.63) is 23.3 Å². The van der Waals surface area contributed by atoms with E-state index in [2.05, 4.69) is 0 Å². The number of methoxy groups -OCH3 is 1. The molecule has 2 unspecified atom stereocenters. The maximum atomic E-state index is 11.2. The smallest absolute Gasteiger partial charge is 0.304 e. The molecule has 0 bridgehead atoms. The molecule has 0 radical (unpaired) electrons. The highest BCUT2D eigenvalue weighted by atomic mass is 16.5. The van der Waals surface area contributed by atoms with Crippen molar-refractivity contribution in [3.8, 4) is 11.5 Å². The van der Waals surface area contributed by atoms with Crippen LogP contribution in [-0.2, 0) is 11.2 Å². The maximum Gasteiger partial charge on any atom is 0.304 e. The Labute approximate surface area is 125 Å². The molecule has 0 fully saturated rings. The van der Waals surface area contributed by atoms with E-state index in [1.54, 1.807) is 7.11 Å². The molecular formula is C16H23NO4. The second-order valence-electron chi connectivity index (χ2n) is 6.31. The predicted octanol–water partition coefficient (Wildman–Crippen LogP) is 2.31. The van der Waals surface area contributed by atoms with Gasteiger partial charge in [0.15, 0.2) is 0 Å². The lowest BCUT2D eigenvalue weighted by Gasteiger charge is -2.31. The highest BCUT2D eigenvalue weighted by Gasteiger charge is 2.33. The second-order valence-corrected chi connectivity index (χ2v) is 6.31. The summed E-state index contributed by atoms with van der Waals surface area (Å²) < 4.78 is 11.2. The van der Waals surface area contributed by atoms with Crippen molar-refractivity contribution in [2.24, 2.45) is 5.73 Å². The Bertz CT molecular complexity index is 548. The van der Waals surface area contributed by atoms with E-state index in [0.717, 1.165) is 23.3 Å². The molecule has 116 valence electrons. The van der Waals surface area contributed by atoms with E-state index in [0.29, 0.717) is 5.75 Å². The number of hydrogen-bond donors (Lipinski definition) is 2. The molecule has 1 heterocycles. The SMILES string of the molecule is COc1cc2c(cc1C(CC(=O)O)C(C)(C)N)OC(C)C2. The Morgan fingerprint density at radius 2 is 2.24 bits per heavy atom. The summed E-state index contributed by atoms with van der Waals surface area (Å²) in [5, 5.41) is 9.18. The minimum atomic E-state index is -0.879. The van der Waals surface area contributed by atoms with Crippen molar-refractivity contribution >= 4 is 5.97 Å². The number of nitrogens with two attached hydrogens (primary N) is 1. The largest absolute Gasteiger partial charge is 0.496 e. The molecule has 0 spiro atoms. The monoisotopic (exact) mass is 293 g/mol. The molecule has 2 rings (SSSR count). The third-order valence-corrected chi connectivity index (χ3v) is 3.90. The summed E-state index contributed by atoms with van der Waals surface area (Å²) >= 11 is 0. The summed E-state index contributed by atoms with van der Waals surface area (Å²) in [4.78, 5) is 11.2. The zero-order chi connectivity index (χ0) is 15.8. The standard InChI is InChI=1S/C16H23NO4/c1-9-5-10-6-14(20-4)11(7-13(10)21-9)12(8-15(18)19)16(2,3)17/h6-7,9,12H,5,8,17H2,1-4H3,(H,18,19). The quantitative estimate of drug-likeness (QED) is 0.870. The molecule has 5 nitrogen and oxygen atoms in total. The van der Waals surface area contributed by atoms with Gasteiger partial charge in [-0.2, -0.15) is 0 Å². The summed E-state index contributed by atoms with van der Waals surface area (Å²) in [5.41, 5.74) is 7.40. The third-order valence-electron chi connectivity index (χ3n) is 3.90. The van der Waals surface area contributed by atoms with Gasteiger partial charge in [-0.1, -0.05) is 0 Å². The van der Waals surface area contributed by atoms with Crippen molar-refractivity contribution in [1.82, 2.24) is 0 Å². The van der Waals surface area contributed by atoms with Crippen LogP contribution < -0.4 is 15.2 Å². The lowest BCUT2D eigenvalue weighted by molar-refractivity contribution is -0.137. The van der Waals surface area contributed by atoms with Crippen molar-refractivity contribution in [2.75, 3.05) is 7.11 Å². The fourth-order valence-corrected chi connectivity index (χ4v) is 2.85. The fourth-order valence-electron chi connectivity index (χ4n) is 2.85. The van der Waals surface area contributed by atoms with Gasteiger partial charge >= 0.3 is 5.97 Å². The number of carbonyl (C=O) groups is 1. The number of hydrogen-bond acceptors (Lipinski definition) is 4. The van der Waals surface area contributed by atoms with Crippen molar-refractivity contribution in [3.63, 3.8) is 0 Å². The molecule has 1 aliphatic rings. The first kappa shape index (κ1) is 15.6. The predicted molar refractivity (Wildman–Crippen MR) is 80.0 cm³/mol. The van der Waals surface area contributed by atoms with Gasteiger partial charge in [-0.05, 0) is 32.9 Å². The minimum absolute atomic E-state index is 0.0474. The fraction of sp³-hybridized carbons (Fsp3) is 0.562. The van der Waals surface area contributed by atoms with Gasteiger partial charge in [0.05, 0.1) is 13.5 Å². The van der Waals surface area contributed by atoms with Crippen LogP contribution in [0.15, 0.2) is 12.1 Å². The lowest BCUT2D eigenvalue weighted by atomic mass is 9.79. The molecule has 1 aromatic carbocycles. The topological polar surface area (TPSA) is 81.8 Å². The van der Waals surface area contributed by atoms with Crippen LogP contribution in [0.1, 0.15) is 44.2 Å². The van der Waals surface area contributed by atoms with Crippen LogP contribution in [0, 0.1) is 0 Å². The number of carboxylic acids is 1. The first-order valence-electron chi connectivity index (χ1n) is 7.10. The van der Waals surface area contributed by atoms with Crippen LogP contribution >= 0.6 is 0 Å². The van der Waals surface area contributed by atoms with Gasteiger partial charge in [0, 0.05) is 29.0 Å². The van der Waals surface area contributed by atoms with Gasteiger partial charge in [-0.15, -0.1) is 0 Å². The lowest BCUT2D eigenvalue weighted by Crippen LogP contribution is -2.40. The van der Waals surface area contributed by atoms with E-state index in [1.165, 1.54) is 0 Å². The first-order valence-corrected chi connectivity index (χ1v) is 7.10. The Hall–Kier alpha value is -1.75. The zero-order valence-electron chi connectivity index (χ0n) is 13.0. The molecule has 0 aliphatic carbocycles. The molecule has 1 aromatic rings. The molecular weight excluding hydrogens is 270 g/mol. The Balaban J connectivity index is 2.49. The van der Waals surface area contributed by atoms with E-state index in [4.69, 9.17) is 15.2 Å². The molecule has 5 heteroatoms. The Kier molecular flexibility index (Phi) is 4.14. The summed E-state index contributed by atoms with van der Waals surface area (Å²) in [6.07, 6.45) is 0.916. The van der Waals surface area contributed by atoms with Crippen LogP contribution in [0.5, 0.6) is 11.5 Å². The second kappa shape index (κ2) is 5.56. The third kappa shape index (κ3) is 3.29. The van der Waals surface area contributed by atoms with Crippen LogP contribution in [0.3, 0.4) is 0 Å². The molecule has 0 aromatic heterocycles. The summed E-state index contributed by atoms with van der Waals surface area (Å²) in [5.74, 6) is 0.249. The summed E-state index contributed by atoms with van der Waals surface area (Å²) in [6.45, 7) is 5.67. The average molecular weight is 293 g/mol. The van der Waals surface area contributed by atoms with Crippen molar-refractivity contribution < 1.29 is 19.4 Å². The van der Waals surface area contributed by atoms with Crippen LogP contribution in [-0.4, -0.2) is 29.8 Å². The average Bonchev–Trinajstić information content (AvgIpc) is 2.71. The van der Waals surface area contributed by atoms with E-state index in [9.17, 15) is 9.90 Å². The van der Waals surface area contributed by atoms with E-state index >= 15 is 0 Å². The normalized spacial score (nSPS) is 18.8. The molecule has 21 heavy (non-hydrogen) atoms. The number of carboxylic acid groups (broad SMARTS) is 1. The van der Waals surface area contributed by atoms with Gasteiger partial charge in [-0.25, -0.2) is 0 Å². The minimum Gasteiger partial charge on any atom is -0.496 e. The number of aliphatic carboxylic acids is 1. The zero-order valence-corrected chi connectivity index (χ0v) is 13.0. The Morgan fingerprint density at radius 3 is 2.76 bits per heavy atom. The highest BCUT2D eigenvalue weighted by Crippen LogP contribution is 2.42. The van der Waals surface area contributed by atoms with Gasteiger partial charge < -0.3 is 20.3 Å². The van der Waals surface area contributed by atoms with Crippen molar-refractivity contribution in [2.45, 2.75) is 51.2 Å². The highest BCUT2D eigenvalue weighted by molar-refractivity contribution is 5.69. The van der Waals surface area contributed by atoms with Gasteiger partial charge in [0.2, 0.25) is 0 Å². The van der Waals surface area contributed by atoms with E-state index in [-0.39, 0.29) is 18.4 Å². The maximum absolute atomic E-state index is 11.2. The number of ether oxygens (including phenoxy) is 2. The summed E-state index contributed by atoms with van der Waals surface area (Å²) in [6, 6.07) is 3.83. The number of rotatable bonds is 5. The van der Waals surface area contributed by atoms with Gasteiger partial charge in [0.1, 0.15) is 17.6 Å². The molecule has 1 aliphatic heterocycles. The van der Waals surface area contributed by atoms with Crippen LogP contribution in [0.4, 0.5) is 0 Å². The molecule has 3 N–H and O–H groups in total. The van der Waals surface area contributed by atoms with Gasteiger partial charge in [-0.3, -0.25) is 4.79 Å². The molecule has 0 saturated heterocycles. The molecule has 0 amide bonds. The molecule has 0 saturated carbocycles. The van der Waals surface area contributed by atoms with Crippen molar-refractivity contribution in [1.29, 1.82) is 0 Å². The Morgan fingerprint density at radius 1 is 1.57 bits per heavy atom. The summed E-state index contributed by atoms with van der Waals surface area (Å²) in [7, 11) is 1.59. The van der Waals surface area contributed by atoms with Crippen LogP contribution in [0.25, 0.3) is 0 Å². The van der Waals surface area contributed by atoms with Crippen LogP contribution in [0.2, 0.25) is 0 Å². The first-order chi connectivity index (χ1) is 9.72.